The lowest BCUT2D eigenvalue weighted by atomic mass is 9.74. The molecule has 1 aliphatic rings. The number of ketones is 1. The predicted octanol–water partition coefficient (Wildman–Crippen LogP) is 4.29. The summed E-state index contributed by atoms with van der Waals surface area (Å²) < 4.78 is 27.1. The van der Waals surface area contributed by atoms with Crippen LogP contribution in [0.15, 0.2) is 18.2 Å². The summed E-state index contributed by atoms with van der Waals surface area (Å²) >= 11 is 0. The summed E-state index contributed by atoms with van der Waals surface area (Å²) in [6, 6.07) is 3.75. The van der Waals surface area contributed by atoms with Gasteiger partial charge in [0.05, 0.1) is 0 Å². The first kappa shape index (κ1) is 14.2. The lowest BCUT2D eigenvalue weighted by Crippen LogP contribution is -2.28. The van der Waals surface area contributed by atoms with E-state index in [1.54, 1.807) is 0 Å². The molecule has 0 heterocycles. The minimum Gasteiger partial charge on any atom is -0.299 e. The average Bonchev–Trinajstić information content (AvgIpc) is 2.42. The quantitative estimate of drug-likeness (QED) is 0.794. The zero-order chi connectivity index (χ0) is 13.8. The maximum absolute atomic E-state index is 13.6. The number of benzene rings is 1. The lowest BCUT2D eigenvalue weighted by molar-refractivity contribution is -0.125. The van der Waals surface area contributed by atoms with Crippen LogP contribution in [0.1, 0.15) is 44.6 Å². The number of hydrogen-bond acceptors (Lipinski definition) is 1. The summed E-state index contributed by atoms with van der Waals surface area (Å²) in [5, 5.41) is 0. The van der Waals surface area contributed by atoms with Crippen LogP contribution in [0.3, 0.4) is 0 Å². The van der Waals surface area contributed by atoms with Crippen molar-refractivity contribution in [3.63, 3.8) is 0 Å². The van der Waals surface area contributed by atoms with E-state index in [2.05, 4.69) is 6.92 Å². The molecule has 0 aromatic heterocycles. The van der Waals surface area contributed by atoms with Gasteiger partial charge in [-0.05, 0) is 30.9 Å². The fourth-order valence-corrected chi connectivity index (χ4v) is 3.13. The number of hydrogen-bond donors (Lipinski definition) is 0. The number of carbonyl (C=O) groups excluding carboxylic acids is 1. The van der Waals surface area contributed by atoms with Gasteiger partial charge in [0.2, 0.25) is 0 Å². The molecule has 0 aliphatic heterocycles. The van der Waals surface area contributed by atoms with Crippen LogP contribution in [0, 0.1) is 23.5 Å². The van der Waals surface area contributed by atoms with Crippen molar-refractivity contribution in [3.8, 4) is 0 Å². The molecular weight excluding hydrogens is 246 g/mol. The highest BCUT2D eigenvalue weighted by molar-refractivity contribution is 5.83. The summed E-state index contributed by atoms with van der Waals surface area (Å²) in [5.74, 6) is -0.862. The Morgan fingerprint density at radius 2 is 1.84 bits per heavy atom. The Kier molecular flexibility index (Phi) is 4.67. The van der Waals surface area contributed by atoms with Gasteiger partial charge in [0, 0.05) is 17.9 Å². The zero-order valence-corrected chi connectivity index (χ0v) is 11.3. The Morgan fingerprint density at radius 1 is 1.21 bits per heavy atom. The van der Waals surface area contributed by atoms with E-state index < -0.39 is 11.6 Å². The van der Waals surface area contributed by atoms with E-state index in [1.807, 2.05) is 0 Å². The van der Waals surface area contributed by atoms with Crippen LogP contribution >= 0.6 is 0 Å². The van der Waals surface area contributed by atoms with E-state index >= 15 is 0 Å². The van der Waals surface area contributed by atoms with Crippen molar-refractivity contribution in [1.29, 1.82) is 0 Å². The van der Waals surface area contributed by atoms with E-state index in [4.69, 9.17) is 0 Å². The van der Waals surface area contributed by atoms with Gasteiger partial charge in [0.15, 0.2) is 0 Å². The molecule has 0 bridgehead atoms. The molecule has 1 aromatic rings. The Hall–Kier alpha value is -1.25. The van der Waals surface area contributed by atoms with E-state index in [-0.39, 0.29) is 23.7 Å². The highest BCUT2D eigenvalue weighted by Crippen LogP contribution is 2.33. The number of Topliss-reactive ketones (excluding diaryl/α,β-unsaturated/α-hetero) is 1. The third kappa shape index (κ3) is 3.20. The first-order valence-electron chi connectivity index (χ1n) is 7.09. The van der Waals surface area contributed by atoms with Crippen LogP contribution in [-0.4, -0.2) is 5.78 Å². The van der Waals surface area contributed by atoms with Gasteiger partial charge in [-0.25, -0.2) is 8.78 Å². The highest BCUT2D eigenvalue weighted by Gasteiger charge is 2.30. The second-order valence-corrected chi connectivity index (χ2v) is 5.40. The van der Waals surface area contributed by atoms with Crippen LogP contribution in [0.4, 0.5) is 8.78 Å². The molecule has 2 atom stereocenters. The van der Waals surface area contributed by atoms with Crippen LogP contribution in [0.25, 0.3) is 0 Å². The largest absolute Gasteiger partial charge is 0.299 e. The zero-order valence-electron chi connectivity index (χ0n) is 11.3. The molecule has 0 saturated heterocycles. The fourth-order valence-electron chi connectivity index (χ4n) is 3.13. The van der Waals surface area contributed by atoms with Crippen LogP contribution in [-0.2, 0) is 11.2 Å². The van der Waals surface area contributed by atoms with Crippen LogP contribution in [0.2, 0.25) is 0 Å². The molecule has 1 fully saturated rings. The second-order valence-electron chi connectivity index (χ2n) is 5.40. The van der Waals surface area contributed by atoms with Gasteiger partial charge < -0.3 is 0 Å². The lowest BCUT2D eigenvalue weighted by Gasteiger charge is -2.29. The van der Waals surface area contributed by atoms with Crippen molar-refractivity contribution in [3.05, 3.63) is 35.4 Å². The summed E-state index contributed by atoms with van der Waals surface area (Å²) in [6.07, 6.45) is 5.00. The van der Waals surface area contributed by atoms with Crippen molar-refractivity contribution in [2.45, 2.75) is 45.4 Å². The minimum absolute atomic E-state index is 0.00412. The first-order chi connectivity index (χ1) is 9.13. The molecule has 0 spiro atoms. The molecule has 1 nitrogen and oxygen atoms in total. The molecule has 19 heavy (non-hydrogen) atoms. The molecule has 1 aromatic carbocycles. The van der Waals surface area contributed by atoms with Gasteiger partial charge in [-0.3, -0.25) is 4.79 Å². The monoisotopic (exact) mass is 266 g/mol. The molecular formula is C16H20F2O. The summed E-state index contributed by atoms with van der Waals surface area (Å²) in [6.45, 7) is 2.08. The molecule has 2 rings (SSSR count). The fraction of sp³-hybridized carbons (Fsp3) is 0.562. The van der Waals surface area contributed by atoms with E-state index in [1.165, 1.54) is 18.2 Å². The maximum Gasteiger partial charge on any atom is 0.140 e. The summed E-state index contributed by atoms with van der Waals surface area (Å²) in [7, 11) is 0. The molecule has 0 N–H and O–H groups in total. The molecule has 2 unspecified atom stereocenters. The smallest absolute Gasteiger partial charge is 0.140 e. The Morgan fingerprint density at radius 3 is 2.47 bits per heavy atom. The van der Waals surface area contributed by atoms with Gasteiger partial charge in [-0.2, -0.15) is 0 Å². The van der Waals surface area contributed by atoms with Gasteiger partial charge >= 0.3 is 0 Å². The summed E-state index contributed by atoms with van der Waals surface area (Å²) in [4.78, 5) is 12.3. The van der Waals surface area contributed by atoms with Crippen molar-refractivity contribution in [1.82, 2.24) is 0 Å². The Balaban J connectivity index is 2.12. The Bertz CT molecular complexity index is 436. The van der Waals surface area contributed by atoms with Gasteiger partial charge in [0.25, 0.3) is 0 Å². The van der Waals surface area contributed by atoms with Crippen LogP contribution < -0.4 is 0 Å². The molecule has 0 radical (unpaired) electrons. The van der Waals surface area contributed by atoms with Crippen LogP contribution in [0.5, 0.6) is 0 Å². The third-order valence-corrected chi connectivity index (χ3v) is 4.26. The van der Waals surface area contributed by atoms with E-state index in [0.29, 0.717) is 5.92 Å². The van der Waals surface area contributed by atoms with E-state index in [9.17, 15) is 13.6 Å². The molecule has 1 saturated carbocycles. The van der Waals surface area contributed by atoms with Gasteiger partial charge in [0.1, 0.15) is 17.4 Å². The van der Waals surface area contributed by atoms with Crippen molar-refractivity contribution in [2.75, 3.05) is 0 Å². The average molecular weight is 266 g/mol. The number of rotatable bonds is 4. The standard InChI is InChI=1S/C16H20F2O/c1-2-11-6-3-4-7-12(11)16(19)10-13-14(17)8-5-9-15(13)18/h5,8-9,11-12H,2-4,6-7,10H2,1H3. The van der Waals surface area contributed by atoms with E-state index in [0.717, 1.165) is 32.1 Å². The Labute approximate surface area is 113 Å². The number of carbonyl (C=O) groups is 1. The minimum atomic E-state index is -0.614. The predicted molar refractivity (Wildman–Crippen MR) is 70.8 cm³/mol. The molecule has 3 heteroatoms. The van der Waals surface area contributed by atoms with Gasteiger partial charge in [-0.15, -0.1) is 0 Å². The normalized spacial score (nSPS) is 23.3. The molecule has 0 amide bonds. The second kappa shape index (κ2) is 6.27. The van der Waals surface area contributed by atoms with Gasteiger partial charge in [-0.1, -0.05) is 32.3 Å². The molecule has 1 aliphatic carbocycles. The first-order valence-corrected chi connectivity index (χ1v) is 7.09. The van der Waals surface area contributed by atoms with Crippen molar-refractivity contribution < 1.29 is 13.6 Å². The van der Waals surface area contributed by atoms with Crippen molar-refractivity contribution in [2.24, 2.45) is 11.8 Å². The molecule has 104 valence electrons. The summed E-state index contributed by atoms with van der Waals surface area (Å²) in [5.41, 5.74) is -0.0760. The van der Waals surface area contributed by atoms with Crippen molar-refractivity contribution >= 4 is 5.78 Å². The number of halogens is 2. The third-order valence-electron chi connectivity index (χ3n) is 4.26. The highest BCUT2D eigenvalue weighted by atomic mass is 19.1. The topological polar surface area (TPSA) is 17.1 Å². The SMILES string of the molecule is CCC1CCCCC1C(=O)Cc1c(F)cccc1F. The maximum atomic E-state index is 13.6.